The van der Waals surface area contributed by atoms with Gasteiger partial charge in [-0.2, -0.15) is 0 Å². The molecule has 0 atom stereocenters. The molecule has 0 aliphatic rings. The number of Topliss-reactive ketones (excluding diaryl/α,β-unsaturated/α-hetero) is 1. The van der Waals surface area contributed by atoms with Crippen molar-refractivity contribution in [3.63, 3.8) is 0 Å². The molecular weight excluding hydrogens is 216 g/mol. The first-order valence-corrected chi connectivity index (χ1v) is 4.79. The minimum atomic E-state index is -0.825. The molecule has 0 saturated carbocycles. The van der Waals surface area contributed by atoms with E-state index in [2.05, 4.69) is 4.74 Å². The lowest BCUT2D eigenvalue weighted by atomic mass is 10.0. The van der Waals surface area contributed by atoms with Crippen LogP contribution in [0.1, 0.15) is 11.1 Å². The molecule has 4 heteroatoms. The Balaban J connectivity index is 2.86. The quantitative estimate of drug-likeness (QED) is 0.584. The smallest absolute Gasteiger partial charge is 0.374 e. The zero-order chi connectivity index (χ0) is 11.4. The van der Waals surface area contributed by atoms with E-state index in [4.69, 9.17) is 11.6 Å². The Kier molecular flexibility index (Phi) is 3.86. The van der Waals surface area contributed by atoms with E-state index >= 15 is 0 Å². The standard InChI is InChI=1S/C11H11ClO3/c1-7-8(4-3-5-9(7)12)6-10(13)11(14)15-2/h3-5H,6H2,1-2H3. The number of methoxy groups -OCH3 is 1. The monoisotopic (exact) mass is 226 g/mol. The molecule has 0 bridgehead atoms. The van der Waals surface area contributed by atoms with Crippen LogP contribution in [0.2, 0.25) is 5.02 Å². The van der Waals surface area contributed by atoms with Gasteiger partial charge in [0.15, 0.2) is 0 Å². The number of carbonyl (C=O) groups is 2. The van der Waals surface area contributed by atoms with Gasteiger partial charge < -0.3 is 4.74 Å². The molecule has 0 amide bonds. The van der Waals surface area contributed by atoms with Crippen LogP contribution in [0.5, 0.6) is 0 Å². The van der Waals surface area contributed by atoms with Crippen molar-refractivity contribution in [2.24, 2.45) is 0 Å². The highest BCUT2D eigenvalue weighted by Crippen LogP contribution is 2.19. The van der Waals surface area contributed by atoms with Crippen LogP contribution in [0.3, 0.4) is 0 Å². The molecular formula is C11H11ClO3. The van der Waals surface area contributed by atoms with E-state index in [-0.39, 0.29) is 6.42 Å². The first-order chi connectivity index (χ1) is 7.06. The third-order valence-corrected chi connectivity index (χ3v) is 2.55. The number of rotatable bonds is 3. The van der Waals surface area contributed by atoms with Crippen molar-refractivity contribution >= 4 is 23.4 Å². The van der Waals surface area contributed by atoms with Gasteiger partial charge in [-0.3, -0.25) is 4.79 Å². The van der Waals surface area contributed by atoms with Crippen LogP contribution in [-0.4, -0.2) is 18.9 Å². The summed E-state index contributed by atoms with van der Waals surface area (Å²) in [5.74, 6) is -1.39. The average Bonchev–Trinajstić information content (AvgIpc) is 2.23. The molecule has 0 saturated heterocycles. The molecule has 3 nitrogen and oxygen atoms in total. The van der Waals surface area contributed by atoms with E-state index in [1.54, 1.807) is 18.2 Å². The topological polar surface area (TPSA) is 43.4 Å². The first-order valence-electron chi connectivity index (χ1n) is 4.41. The Morgan fingerprint density at radius 1 is 1.40 bits per heavy atom. The third-order valence-electron chi connectivity index (χ3n) is 2.14. The number of hydrogen-bond donors (Lipinski definition) is 0. The van der Waals surface area contributed by atoms with Crippen LogP contribution < -0.4 is 0 Å². The number of esters is 1. The minimum Gasteiger partial charge on any atom is -0.463 e. The fraction of sp³-hybridized carbons (Fsp3) is 0.273. The Hall–Kier alpha value is -1.35. The molecule has 0 aromatic heterocycles. The largest absolute Gasteiger partial charge is 0.463 e. The van der Waals surface area contributed by atoms with E-state index in [9.17, 15) is 9.59 Å². The second-order valence-corrected chi connectivity index (χ2v) is 3.52. The summed E-state index contributed by atoms with van der Waals surface area (Å²) in [6, 6.07) is 5.25. The molecule has 1 rings (SSSR count). The highest BCUT2D eigenvalue weighted by atomic mass is 35.5. The lowest BCUT2D eigenvalue weighted by Crippen LogP contribution is -2.18. The number of ketones is 1. The van der Waals surface area contributed by atoms with E-state index in [1.165, 1.54) is 7.11 Å². The highest BCUT2D eigenvalue weighted by molar-refractivity contribution is 6.34. The molecule has 0 fully saturated rings. The zero-order valence-electron chi connectivity index (χ0n) is 8.54. The van der Waals surface area contributed by atoms with Gasteiger partial charge in [0, 0.05) is 11.4 Å². The predicted molar refractivity (Wildman–Crippen MR) is 56.9 cm³/mol. The molecule has 0 spiro atoms. The number of benzene rings is 1. The molecule has 80 valence electrons. The van der Waals surface area contributed by atoms with Crippen molar-refractivity contribution in [2.75, 3.05) is 7.11 Å². The molecule has 0 aliphatic heterocycles. The summed E-state index contributed by atoms with van der Waals surface area (Å²) >= 11 is 5.88. The fourth-order valence-electron chi connectivity index (χ4n) is 1.20. The molecule has 1 aromatic carbocycles. The SMILES string of the molecule is COC(=O)C(=O)Cc1cccc(Cl)c1C. The van der Waals surface area contributed by atoms with Crippen LogP contribution in [0.25, 0.3) is 0 Å². The second kappa shape index (κ2) is 4.94. The number of halogens is 1. The lowest BCUT2D eigenvalue weighted by Gasteiger charge is -2.05. The highest BCUT2D eigenvalue weighted by Gasteiger charge is 2.15. The van der Waals surface area contributed by atoms with Crippen molar-refractivity contribution < 1.29 is 14.3 Å². The number of hydrogen-bond acceptors (Lipinski definition) is 3. The van der Waals surface area contributed by atoms with Gasteiger partial charge >= 0.3 is 5.97 Å². The lowest BCUT2D eigenvalue weighted by molar-refractivity contribution is -0.151. The molecule has 15 heavy (non-hydrogen) atoms. The van der Waals surface area contributed by atoms with Crippen LogP contribution in [-0.2, 0) is 20.7 Å². The summed E-state index contributed by atoms with van der Waals surface area (Å²) < 4.78 is 4.33. The average molecular weight is 227 g/mol. The maximum Gasteiger partial charge on any atom is 0.374 e. The fourth-order valence-corrected chi connectivity index (χ4v) is 1.40. The summed E-state index contributed by atoms with van der Waals surface area (Å²) in [6.45, 7) is 1.81. The maximum absolute atomic E-state index is 11.3. The first kappa shape index (κ1) is 11.7. The normalized spacial score (nSPS) is 9.80. The van der Waals surface area contributed by atoms with Crippen LogP contribution in [0.15, 0.2) is 18.2 Å². The summed E-state index contributed by atoms with van der Waals surface area (Å²) in [5.41, 5.74) is 1.56. The van der Waals surface area contributed by atoms with Crippen LogP contribution in [0.4, 0.5) is 0 Å². The van der Waals surface area contributed by atoms with Gasteiger partial charge in [0.2, 0.25) is 5.78 Å². The third kappa shape index (κ3) is 2.80. The van der Waals surface area contributed by atoms with Gasteiger partial charge in [0.05, 0.1) is 7.11 Å². The summed E-state index contributed by atoms with van der Waals surface area (Å²) in [5, 5.41) is 0.588. The summed E-state index contributed by atoms with van der Waals surface area (Å²) in [7, 11) is 1.19. The maximum atomic E-state index is 11.3. The van der Waals surface area contributed by atoms with Crippen LogP contribution >= 0.6 is 11.6 Å². The van der Waals surface area contributed by atoms with E-state index in [1.807, 2.05) is 6.92 Å². The van der Waals surface area contributed by atoms with E-state index < -0.39 is 11.8 Å². The molecule has 1 aromatic rings. The number of carbonyl (C=O) groups excluding carboxylic acids is 2. The van der Waals surface area contributed by atoms with Crippen LogP contribution in [0, 0.1) is 6.92 Å². The van der Waals surface area contributed by atoms with Gasteiger partial charge in [0.25, 0.3) is 0 Å². The Morgan fingerprint density at radius 2 is 2.07 bits per heavy atom. The Labute approximate surface area is 93.0 Å². The zero-order valence-corrected chi connectivity index (χ0v) is 9.30. The van der Waals surface area contributed by atoms with Crippen molar-refractivity contribution in [3.05, 3.63) is 34.3 Å². The minimum absolute atomic E-state index is 0.0269. The molecule has 0 N–H and O–H groups in total. The van der Waals surface area contributed by atoms with Gasteiger partial charge in [-0.1, -0.05) is 23.7 Å². The van der Waals surface area contributed by atoms with Crippen molar-refractivity contribution in [1.82, 2.24) is 0 Å². The summed E-state index contributed by atoms with van der Waals surface area (Å²) in [4.78, 5) is 22.2. The van der Waals surface area contributed by atoms with Gasteiger partial charge in [-0.15, -0.1) is 0 Å². The predicted octanol–water partition coefficient (Wildman–Crippen LogP) is 1.93. The van der Waals surface area contributed by atoms with Gasteiger partial charge in [0.1, 0.15) is 0 Å². The van der Waals surface area contributed by atoms with Gasteiger partial charge in [-0.25, -0.2) is 4.79 Å². The summed E-state index contributed by atoms with van der Waals surface area (Å²) in [6.07, 6.45) is 0.0269. The molecule has 0 radical (unpaired) electrons. The van der Waals surface area contributed by atoms with Crippen molar-refractivity contribution in [3.8, 4) is 0 Å². The van der Waals surface area contributed by atoms with Gasteiger partial charge in [-0.05, 0) is 24.1 Å². The van der Waals surface area contributed by atoms with Crippen molar-refractivity contribution in [1.29, 1.82) is 0 Å². The van der Waals surface area contributed by atoms with E-state index in [0.29, 0.717) is 5.02 Å². The molecule has 0 aliphatic carbocycles. The van der Waals surface area contributed by atoms with Crippen molar-refractivity contribution in [2.45, 2.75) is 13.3 Å². The Bertz CT molecular complexity index is 399. The number of ether oxygens (including phenoxy) is 1. The Morgan fingerprint density at radius 3 is 2.67 bits per heavy atom. The molecule has 0 heterocycles. The second-order valence-electron chi connectivity index (χ2n) is 3.12. The van der Waals surface area contributed by atoms with E-state index in [0.717, 1.165) is 11.1 Å². The molecule has 0 unspecified atom stereocenters.